The maximum Gasteiger partial charge on any atom is 0.321 e. The van der Waals surface area contributed by atoms with Crippen LogP contribution < -0.4 is 5.32 Å². The first kappa shape index (κ1) is 9.03. The molecule has 0 aromatic carbocycles. The van der Waals surface area contributed by atoms with Gasteiger partial charge in [0.15, 0.2) is 5.82 Å². The van der Waals surface area contributed by atoms with Crippen LogP contribution in [0.1, 0.15) is 26.6 Å². The number of hydrogen-bond donors (Lipinski definition) is 1. The van der Waals surface area contributed by atoms with Crippen LogP contribution in [0.4, 0.5) is 6.01 Å². The lowest BCUT2D eigenvalue weighted by Gasteiger charge is -2.14. The highest BCUT2D eigenvalue weighted by molar-refractivity contribution is 5.16. The van der Waals surface area contributed by atoms with E-state index in [2.05, 4.69) is 36.2 Å². The molecule has 0 saturated heterocycles. The lowest BCUT2D eigenvalue weighted by atomic mass is 9.92. The molecule has 0 radical (unpaired) electrons. The predicted octanol–water partition coefficient (Wildman–Crippen LogP) is 1.70. The van der Waals surface area contributed by atoms with Crippen LogP contribution >= 0.6 is 0 Å². The summed E-state index contributed by atoms with van der Waals surface area (Å²) in [6.07, 6.45) is 0.832. The highest BCUT2D eigenvalue weighted by Crippen LogP contribution is 2.19. The largest absolute Gasteiger partial charge is 0.341 e. The second-order valence-corrected chi connectivity index (χ2v) is 4.00. The SMILES string of the molecule is CNc1nc(CC(C)(C)C)no1. The molecule has 0 bridgehead atoms. The minimum absolute atomic E-state index is 0.203. The van der Waals surface area contributed by atoms with Crippen LogP contribution in [0, 0.1) is 5.41 Å². The van der Waals surface area contributed by atoms with E-state index in [1.54, 1.807) is 7.05 Å². The van der Waals surface area contributed by atoms with Crippen molar-refractivity contribution < 1.29 is 4.52 Å². The Balaban J connectivity index is 2.64. The third-order valence-corrected chi connectivity index (χ3v) is 1.37. The first-order valence-corrected chi connectivity index (χ1v) is 4.01. The first-order chi connectivity index (χ1) is 5.51. The Kier molecular flexibility index (Phi) is 2.35. The molecular weight excluding hydrogens is 154 g/mol. The lowest BCUT2D eigenvalue weighted by Crippen LogP contribution is -2.10. The van der Waals surface area contributed by atoms with Crippen LogP contribution in [0.5, 0.6) is 0 Å². The minimum Gasteiger partial charge on any atom is -0.341 e. The monoisotopic (exact) mass is 169 g/mol. The van der Waals surface area contributed by atoms with Gasteiger partial charge in [0, 0.05) is 13.5 Å². The Morgan fingerprint density at radius 3 is 2.50 bits per heavy atom. The Bertz CT molecular complexity index is 249. The van der Waals surface area contributed by atoms with E-state index in [4.69, 9.17) is 4.52 Å². The van der Waals surface area contributed by atoms with Gasteiger partial charge in [-0.3, -0.25) is 0 Å². The number of hydrogen-bond acceptors (Lipinski definition) is 4. The van der Waals surface area contributed by atoms with Crippen LogP contribution in [0.3, 0.4) is 0 Å². The summed E-state index contributed by atoms with van der Waals surface area (Å²) < 4.78 is 4.89. The molecule has 4 nitrogen and oxygen atoms in total. The van der Waals surface area contributed by atoms with Crippen molar-refractivity contribution in [2.24, 2.45) is 5.41 Å². The Labute approximate surface area is 72.4 Å². The van der Waals surface area contributed by atoms with Gasteiger partial charge in [0.1, 0.15) is 0 Å². The van der Waals surface area contributed by atoms with Gasteiger partial charge in [0.25, 0.3) is 0 Å². The van der Waals surface area contributed by atoms with Crippen LogP contribution in [-0.4, -0.2) is 17.2 Å². The van der Waals surface area contributed by atoms with Crippen LogP contribution in [-0.2, 0) is 6.42 Å². The molecule has 0 aliphatic rings. The van der Waals surface area contributed by atoms with E-state index in [1.807, 2.05) is 0 Å². The Hall–Kier alpha value is -1.06. The summed E-state index contributed by atoms with van der Waals surface area (Å²) in [6, 6.07) is 0.481. The second kappa shape index (κ2) is 3.13. The average molecular weight is 169 g/mol. The number of nitrogens with one attached hydrogen (secondary N) is 1. The van der Waals surface area contributed by atoms with E-state index in [0.29, 0.717) is 6.01 Å². The quantitative estimate of drug-likeness (QED) is 0.732. The smallest absolute Gasteiger partial charge is 0.321 e. The highest BCUT2D eigenvalue weighted by atomic mass is 16.5. The summed E-state index contributed by atoms with van der Waals surface area (Å²) in [5, 5.41) is 6.62. The van der Waals surface area contributed by atoms with Gasteiger partial charge in [0.05, 0.1) is 0 Å². The fraction of sp³-hybridized carbons (Fsp3) is 0.750. The van der Waals surface area contributed by atoms with E-state index in [-0.39, 0.29) is 5.41 Å². The van der Waals surface area contributed by atoms with Crippen LogP contribution in [0.15, 0.2) is 4.52 Å². The molecule has 1 N–H and O–H groups in total. The van der Waals surface area contributed by atoms with Crippen molar-refractivity contribution in [3.63, 3.8) is 0 Å². The fourth-order valence-corrected chi connectivity index (χ4v) is 0.902. The molecule has 0 fully saturated rings. The number of nitrogens with zero attached hydrogens (tertiary/aromatic N) is 2. The molecule has 4 heteroatoms. The van der Waals surface area contributed by atoms with Crippen molar-refractivity contribution in [2.45, 2.75) is 27.2 Å². The summed E-state index contributed by atoms with van der Waals surface area (Å²) in [4.78, 5) is 4.13. The molecule has 68 valence electrons. The van der Waals surface area contributed by atoms with Crippen molar-refractivity contribution in [3.05, 3.63) is 5.82 Å². The highest BCUT2D eigenvalue weighted by Gasteiger charge is 2.15. The molecule has 1 aromatic rings. The number of rotatable bonds is 2. The zero-order valence-corrected chi connectivity index (χ0v) is 8.01. The standard InChI is InChI=1S/C8H15N3O/c1-8(2,3)5-6-10-7(9-4)12-11-6/h5H2,1-4H3,(H,9,10,11). The van der Waals surface area contributed by atoms with Gasteiger partial charge in [-0.2, -0.15) is 4.98 Å². The van der Waals surface area contributed by atoms with Crippen molar-refractivity contribution in [3.8, 4) is 0 Å². The van der Waals surface area contributed by atoms with Gasteiger partial charge in [-0.05, 0) is 5.41 Å². The number of aromatic nitrogens is 2. The molecule has 0 saturated carbocycles. The van der Waals surface area contributed by atoms with Crippen LogP contribution in [0.25, 0.3) is 0 Å². The van der Waals surface area contributed by atoms with E-state index >= 15 is 0 Å². The molecule has 0 unspecified atom stereocenters. The van der Waals surface area contributed by atoms with E-state index < -0.39 is 0 Å². The van der Waals surface area contributed by atoms with Crippen molar-refractivity contribution >= 4 is 6.01 Å². The minimum atomic E-state index is 0.203. The molecule has 1 heterocycles. The second-order valence-electron chi connectivity index (χ2n) is 4.00. The first-order valence-electron chi connectivity index (χ1n) is 4.01. The molecule has 0 aliphatic carbocycles. The molecule has 0 aliphatic heterocycles. The Morgan fingerprint density at radius 1 is 1.42 bits per heavy atom. The third kappa shape index (κ3) is 2.53. The van der Waals surface area contributed by atoms with E-state index in [0.717, 1.165) is 12.2 Å². The summed E-state index contributed by atoms with van der Waals surface area (Å²) >= 11 is 0. The predicted molar refractivity (Wildman–Crippen MR) is 47.0 cm³/mol. The third-order valence-electron chi connectivity index (χ3n) is 1.37. The molecule has 1 rings (SSSR count). The van der Waals surface area contributed by atoms with Crippen molar-refractivity contribution in [2.75, 3.05) is 12.4 Å². The topological polar surface area (TPSA) is 51.0 Å². The molecule has 0 spiro atoms. The Morgan fingerprint density at radius 2 is 2.08 bits per heavy atom. The van der Waals surface area contributed by atoms with E-state index in [1.165, 1.54) is 0 Å². The normalized spacial score (nSPS) is 11.7. The summed E-state index contributed by atoms with van der Waals surface area (Å²) in [5.74, 6) is 0.756. The summed E-state index contributed by atoms with van der Waals surface area (Å²) in [6.45, 7) is 6.42. The molecule has 12 heavy (non-hydrogen) atoms. The molecule has 0 amide bonds. The zero-order chi connectivity index (χ0) is 9.19. The fourth-order valence-electron chi connectivity index (χ4n) is 0.902. The van der Waals surface area contributed by atoms with Crippen molar-refractivity contribution in [1.29, 1.82) is 0 Å². The molecule has 1 aromatic heterocycles. The summed E-state index contributed by atoms with van der Waals surface area (Å²) in [5.41, 5.74) is 0.203. The van der Waals surface area contributed by atoms with Crippen molar-refractivity contribution in [1.82, 2.24) is 10.1 Å². The lowest BCUT2D eigenvalue weighted by molar-refractivity contribution is 0.375. The van der Waals surface area contributed by atoms with Crippen LogP contribution in [0.2, 0.25) is 0 Å². The van der Waals surface area contributed by atoms with Gasteiger partial charge >= 0.3 is 6.01 Å². The molecule has 0 atom stereocenters. The maximum atomic E-state index is 4.89. The van der Waals surface area contributed by atoms with Gasteiger partial charge in [-0.25, -0.2) is 0 Å². The average Bonchev–Trinajstić information content (AvgIpc) is 2.32. The molecular formula is C8H15N3O. The summed E-state index contributed by atoms with van der Waals surface area (Å²) in [7, 11) is 1.76. The zero-order valence-electron chi connectivity index (χ0n) is 8.01. The number of anilines is 1. The maximum absolute atomic E-state index is 4.89. The van der Waals surface area contributed by atoms with Gasteiger partial charge < -0.3 is 9.84 Å². The van der Waals surface area contributed by atoms with Gasteiger partial charge in [-0.15, -0.1) is 0 Å². The van der Waals surface area contributed by atoms with Gasteiger partial charge in [-0.1, -0.05) is 25.9 Å². The van der Waals surface area contributed by atoms with E-state index in [9.17, 15) is 0 Å². The van der Waals surface area contributed by atoms with Gasteiger partial charge in [0.2, 0.25) is 0 Å².